The summed E-state index contributed by atoms with van der Waals surface area (Å²) in [5.41, 5.74) is 3.59. The van der Waals surface area contributed by atoms with Crippen LogP contribution in [0.5, 0.6) is 17.2 Å². The second-order valence-corrected chi connectivity index (χ2v) is 9.18. The van der Waals surface area contributed by atoms with Crippen molar-refractivity contribution in [2.75, 3.05) is 19.9 Å². The fourth-order valence-corrected chi connectivity index (χ4v) is 5.05. The fraction of sp³-hybridized carbons (Fsp3) is 0.375. The molecule has 0 saturated carbocycles. The lowest BCUT2D eigenvalue weighted by Crippen LogP contribution is -2.29. The van der Waals surface area contributed by atoms with Crippen LogP contribution in [0.1, 0.15) is 51.9 Å². The summed E-state index contributed by atoms with van der Waals surface area (Å²) in [5, 5.41) is 10.7. The number of phenols is 1. The van der Waals surface area contributed by atoms with Crippen LogP contribution in [0.3, 0.4) is 0 Å². The van der Waals surface area contributed by atoms with Crippen molar-refractivity contribution in [1.29, 1.82) is 0 Å². The van der Waals surface area contributed by atoms with Crippen molar-refractivity contribution in [2.45, 2.75) is 39.3 Å². The molecule has 1 fully saturated rings. The van der Waals surface area contributed by atoms with Gasteiger partial charge in [-0.15, -0.1) is 0 Å². The molecule has 0 bridgehead atoms. The topological polar surface area (TPSA) is 68.2 Å². The molecule has 3 aliphatic rings. The Morgan fingerprint density at radius 2 is 1.97 bits per heavy atom. The van der Waals surface area contributed by atoms with Crippen LogP contribution in [0, 0.1) is 6.92 Å². The minimum Gasteiger partial charge on any atom is -0.507 e. The molecule has 0 aromatic heterocycles. The highest BCUT2D eigenvalue weighted by atomic mass is 79.9. The van der Waals surface area contributed by atoms with Crippen LogP contribution >= 0.6 is 15.9 Å². The maximum Gasteiger partial charge on any atom is 0.232 e. The summed E-state index contributed by atoms with van der Waals surface area (Å²) in [6.07, 6.45) is 5.26. The highest BCUT2D eigenvalue weighted by Gasteiger charge is 2.34. The highest BCUT2D eigenvalue weighted by Crippen LogP contribution is 2.43. The lowest BCUT2D eigenvalue weighted by atomic mass is 9.98. The van der Waals surface area contributed by atoms with E-state index in [1.807, 2.05) is 19.1 Å². The third-order valence-electron chi connectivity index (χ3n) is 6.04. The number of carbonyl (C=O) groups excluding carboxylic acids is 1. The first-order chi connectivity index (χ1) is 15.0. The number of hydrogen-bond donors (Lipinski definition) is 1. The number of fused-ring (bicyclic) bond motifs is 2. The van der Waals surface area contributed by atoms with Gasteiger partial charge in [-0.05, 0) is 62.7 Å². The zero-order valence-electron chi connectivity index (χ0n) is 17.4. The number of aryl methyl sites for hydroxylation is 1. The monoisotopic (exact) mass is 485 g/mol. The highest BCUT2D eigenvalue weighted by molar-refractivity contribution is 9.10. The number of piperidine rings is 1. The number of ketones is 1. The van der Waals surface area contributed by atoms with Gasteiger partial charge in [-0.1, -0.05) is 22.4 Å². The van der Waals surface area contributed by atoms with Gasteiger partial charge >= 0.3 is 0 Å². The first-order valence-electron chi connectivity index (χ1n) is 10.6. The Bertz CT molecular complexity index is 1090. The van der Waals surface area contributed by atoms with Gasteiger partial charge in [0, 0.05) is 22.1 Å². The average molecular weight is 486 g/mol. The van der Waals surface area contributed by atoms with E-state index in [-0.39, 0.29) is 24.1 Å². The first-order valence-corrected chi connectivity index (χ1v) is 11.4. The molecule has 3 heterocycles. The molecule has 162 valence electrons. The van der Waals surface area contributed by atoms with Gasteiger partial charge in [0.25, 0.3) is 0 Å². The largest absolute Gasteiger partial charge is 0.507 e. The van der Waals surface area contributed by atoms with E-state index < -0.39 is 0 Å². The van der Waals surface area contributed by atoms with Crippen LogP contribution in [0.25, 0.3) is 6.08 Å². The van der Waals surface area contributed by atoms with Crippen LogP contribution in [-0.4, -0.2) is 35.7 Å². The number of ether oxygens (including phenoxy) is 3. The van der Waals surface area contributed by atoms with Crippen LogP contribution in [0.15, 0.2) is 28.4 Å². The van der Waals surface area contributed by atoms with Crippen molar-refractivity contribution in [1.82, 2.24) is 4.90 Å². The van der Waals surface area contributed by atoms with E-state index >= 15 is 0 Å². The molecule has 0 spiro atoms. The smallest absolute Gasteiger partial charge is 0.232 e. The number of likely N-dealkylation sites (tertiary alicyclic amines) is 1. The zero-order valence-corrected chi connectivity index (χ0v) is 19.0. The third kappa shape index (κ3) is 3.86. The van der Waals surface area contributed by atoms with Crippen molar-refractivity contribution in [3.63, 3.8) is 0 Å². The molecule has 0 aliphatic carbocycles. The van der Waals surface area contributed by atoms with Crippen LogP contribution < -0.4 is 9.47 Å². The molecule has 0 unspecified atom stereocenters. The molecule has 2 aromatic carbocycles. The molecule has 6 nitrogen and oxygen atoms in total. The van der Waals surface area contributed by atoms with Crippen LogP contribution in [-0.2, 0) is 17.9 Å². The van der Waals surface area contributed by atoms with E-state index in [4.69, 9.17) is 14.2 Å². The zero-order chi connectivity index (χ0) is 21.5. The number of benzene rings is 2. The average Bonchev–Trinajstić information content (AvgIpc) is 3.08. The molecule has 7 heteroatoms. The number of hydrogen-bond acceptors (Lipinski definition) is 6. The fourth-order valence-electron chi connectivity index (χ4n) is 4.53. The van der Waals surface area contributed by atoms with E-state index in [9.17, 15) is 9.90 Å². The van der Waals surface area contributed by atoms with Crippen molar-refractivity contribution in [3.05, 3.63) is 56.2 Å². The molecule has 2 aromatic rings. The van der Waals surface area contributed by atoms with Gasteiger partial charge in [0.2, 0.25) is 5.78 Å². The van der Waals surface area contributed by atoms with Gasteiger partial charge in [-0.25, -0.2) is 0 Å². The first kappa shape index (κ1) is 20.5. The summed E-state index contributed by atoms with van der Waals surface area (Å²) in [5.74, 6) is 1.42. The normalized spacial score (nSPS) is 19.7. The number of phenolic OH excluding ortho intramolecular Hbond substituents is 1. The molecule has 5 rings (SSSR count). The number of nitrogens with zero attached hydrogens (tertiary/aromatic N) is 1. The third-order valence-corrected chi connectivity index (χ3v) is 6.50. The Balaban J connectivity index is 1.53. The molecular weight excluding hydrogens is 462 g/mol. The van der Waals surface area contributed by atoms with Crippen molar-refractivity contribution >= 4 is 27.8 Å². The molecule has 31 heavy (non-hydrogen) atoms. The van der Waals surface area contributed by atoms with Gasteiger partial charge in [0.05, 0.1) is 17.7 Å². The van der Waals surface area contributed by atoms with Crippen LogP contribution in [0.4, 0.5) is 0 Å². The summed E-state index contributed by atoms with van der Waals surface area (Å²) < 4.78 is 18.0. The summed E-state index contributed by atoms with van der Waals surface area (Å²) in [7, 11) is 0. The Labute approximate surface area is 189 Å². The number of rotatable bonds is 3. The van der Waals surface area contributed by atoms with E-state index in [2.05, 4.69) is 20.8 Å². The van der Waals surface area contributed by atoms with Crippen LogP contribution in [0.2, 0.25) is 0 Å². The predicted molar refractivity (Wildman–Crippen MR) is 119 cm³/mol. The standard InChI is InChI=1S/C24H24BrNO5/c1-14-7-19(27)18(11-26-5-3-2-4-6-26)24-21(14)22(28)20(31-24)10-15-8-17(25)9-16-12-29-13-30-23(15)16/h7-10,27H,2-6,11-13H2,1H3/b20-10-. The van der Waals surface area contributed by atoms with Crippen molar-refractivity contribution in [2.24, 2.45) is 0 Å². The van der Waals surface area contributed by atoms with Gasteiger partial charge < -0.3 is 19.3 Å². The van der Waals surface area contributed by atoms with E-state index in [0.717, 1.165) is 41.5 Å². The lowest BCUT2D eigenvalue weighted by Gasteiger charge is -2.27. The summed E-state index contributed by atoms with van der Waals surface area (Å²) in [6, 6.07) is 5.51. The molecule has 0 atom stereocenters. The summed E-state index contributed by atoms with van der Waals surface area (Å²) >= 11 is 3.52. The Kier molecular flexibility index (Phi) is 5.50. The lowest BCUT2D eigenvalue weighted by molar-refractivity contribution is -0.0165. The second-order valence-electron chi connectivity index (χ2n) is 8.27. The Morgan fingerprint density at radius 1 is 1.16 bits per heavy atom. The van der Waals surface area contributed by atoms with Gasteiger partial charge in [-0.3, -0.25) is 9.69 Å². The molecule has 0 radical (unpaired) electrons. The minimum absolute atomic E-state index is 0.173. The van der Waals surface area contributed by atoms with Crippen molar-refractivity contribution < 1.29 is 24.1 Å². The summed E-state index contributed by atoms with van der Waals surface area (Å²) in [4.78, 5) is 15.6. The Hall–Kier alpha value is -2.35. The molecule has 3 aliphatic heterocycles. The minimum atomic E-state index is -0.173. The number of aromatic hydroxyl groups is 1. The maximum atomic E-state index is 13.3. The Morgan fingerprint density at radius 3 is 2.77 bits per heavy atom. The second kappa shape index (κ2) is 8.30. The van der Waals surface area contributed by atoms with Crippen molar-refractivity contribution in [3.8, 4) is 17.2 Å². The summed E-state index contributed by atoms with van der Waals surface area (Å²) in [6.45, 7) is 5.00. The molecule has 1 N–H and O–H groups in total. The molecule has 0 amide bonds. The van der Waals surface area contributed by atoms with E-state index in [1.165, 1.54) is 6.42 Å². The van der Waals surface area contributed by atoms with E-state index in [1.54, 1.807) is 12.1 Å². The van der Waals surface area contributed by atoms with E-state index in [0.29, 0.717) is 41.3 Å². The molecule has 1 saturated heterocycles. The SMILES string of the molecule is Cc1cc(O)c(CN2CCCCC2)c2c1C(=O)/C(=C/c1cc(Br)cc3c1OCOC3)O2. The number of Topliss-reactive ketones (excluding diaryl/α,β-unsaturated/α-hetero) is 1. The maximum absolute atomic E-state index is 13.3. The van der Waals surface area contributed by atoms with Gasteiger partial charge in [0.1, 0.15) is 17.2 Å². The van der Waals surface area contributed by atoms with Gasteiger partial charge in [0.15, 0.2) is 12.6 Å². The number of allylic oxidation sites excluding steroid dienone is 1. The van der Waals surface area contributed by atoms with Gasteiger partial charge in [-0.2, -0.15) is 0 Å². The predicted octanol–water partition coefficient (Wildman–Crippen LogP) is 4.93. The quantitative estimate of drug-likeness (QED) is 0.621. The number of halogens is 1. The molecular formula is C24H24BrNO5. The number of carbonyl (C=O) groups is 1.